The van der Waals surface area contributed by atoms with Crippen molar-refractivity contribution >= 4 is 11.7 Å². The number of hydrogen-bond acceptors (Lipinski definition) is 5. The molecule has 1 aromatic rings. The van der Waals surface area contributed by atoms with Gasteiger partial charge in [0, 0.05) is 50.6 Å². The Bertz CT molecular complexity index is 635. The zero-order valence-electron chi connectivity index (χ0n) is 14.8. The molecule has 0 radical (unpaired) electrons. The summed E-state index contributed by atoms with van der Waals surface area (Å²) in [6, 6.07) is 0. The lowest BCUT2D eigenvalue weighted by Crippen LogP contribution is -2.47. The van der Waals surface area contributed by atoms with Crippen molar-refractivity contribution < 1.29 is 4.79 Å². The largest absolute Gasteiger partial charge is 0.354 e. The highest BCUT2D eigenvalue weighted by atomic mass is 16.2. The number of amides is 1. The van der Waals surface area contributed by atoms with Crippen LogP contribution in [0.1, 0.15) is 36.3 Å². The van der Waals surface area contributed by atoms with E-state index in [9.17, 15) is 4.79 Å². The molecule has 0 aromatic carbocycles. The molecule has 2 fully saturated rings. The van der Waals surface area contributed by atoms with Gasteiger partial charge in [-0.2, -0.15) is 0 Å². The molecule has 1 amide bonds. The molecular weight excluding hydrogens is 302 g/mol. The lowest BCUT2D eigenvalue weighted by atomic mass is 9.84. The first-order valence-electron chi connectivity index (χ1n) is 9.20. The van der Waals surface area contributed by atoms with Gasteiger partial charge < -0.3 is 14.7 Å². The maximum atomic E-state index is 12.7. The van der Waals surface area contributed by atoms with Gasteiger partial charge in [0.25, 0.3) is 0 Å². The molecule has 130 valence electrons. The van der Waals surface area contributed by atoms with E-state index in [1.165, 1.54) is 12.0 Å². The molecule has 6 heteroatoms. The second-order valence-corrected chi connectivity index (χ2v) is 7.45. The molecule has 1 aliphatic carbocycles. The Labute approximate surface area is 143 Å². The van der Waals surface area contributed by atoms with Crippen molar-refractivity contribution in [3.8, 4) is 0 Å². The molecule has 3 heterocycles. The number of aromatic nitrogens is 2. The molecule has 2 aliphatic heterocycles. The minimum absolute atomic E-state index is 0.269. The quantitative estimate of drug-likeness (QED) is 0.817. The molecule has 0 N–H and O–H groups in total. The Morgan fingerprint density at radius 1 is 1.08 bits per heavy atom. The number of hydrogen-bond donors (Lipinski definition) is 0. The van der Waals surface area contributed by atoms with E-state index in [2.05, 4.69) is 21.8 Å². The lowest BCUT2D eigenvalue weighted by Gasteiger charge is -2.38. The third-order valence-electron chi connectivity index (χ3n) is 5.72. The molecule has 24 heavy (non-hydrogen) atoms. The van der Waals surface area contributed by atoms with Crippen LogP contribution in [-0.2, 0) is 17.8 Å². The van der Waals surface area contributed by atoms with Crippen molar-refractivity contribution in [3.05, 3.63) is 17.1 Å². The molecule has 4 rings (SSSR count). The molecule has 6 nitrogen and oxygen atoms in total. The Morgan fingerprint density at radius 3 is 2.50 bits per heavy atom. The van der Waals surface area contributed by atoms with Gasteiger partial charge in [0.05, 0.1) is 12.2 Å². The Hall–Kier alpha value is -1.69. The van der Waals surface area contributed by atoms with Crippen molar-refractivity contribution in [1.29, 1.82) is 0 Å². The second kappa shape index (κ2) is 6.31. The van der Waals surface area contributed by atoms with E-state index in [4.69, 9.17) is 4.98 Å². The molecule has 1 saturated carbocycles. The van der Waals surface area contributed by atoms with Gasteiger partial charge in [-0.25, -0.2) is 9.97 Å². The van der Waals surface area contributed by atoms with Crippen LogP contribution in [-0.4, -0.2) is 65.4 Å². The predicted octanol–water partition coefficient (Wildman–Crippen LogP) is 1.22. The first kappa shape index (κ1) is 15.8. The van der Waals surface area contributed by atoms with Crippen LogP contribution in [0.2, 0.25) is 0 Å². The third-order valence-corrected chi connectivity index (χ3v) is 5.72. The van der Waals surface area contributed by atoms with Crippen LogP contribution in [0.5, 0.6) is 0 Å². The highest BCUT2D eigenvalue weighted by molar-refractivity contribution is 5.80. The van der Waals surface area contributed by atoms with Crippen molar-refractivity contribution in [3.63, 3.8) is 0 Å². The van der Waals surface area contributed by atoms with Gasteiger partial charge in [-0.1, -0.05) is 6.42 Å². The minimum atomic E-state index is 0.269. The van der Waals surface area contributed by atoms with Crippen LogP contribution in [0, 0.1) is 12.8 Å². The number of nitrogens with zero attached hydrogens (tertiary/aromatic N) is 5. The number of piperazine rings is 1. The van der Waals surface area contributed by atoms with Crippen LogP contribution >= 0.6 is 0 Å². The van der Waals surface area contributed by atoms with E-state index in [-0.39, 0.29) is 5.92 Å². The number of anilines is 1. The summed E-state index contributed by atoms with van der Waals surface area (Å²) >= 11 is 0. The van der Waals surface area contributed by atoms with Crippen molar-refractivity contribution in [2.24, 2.45) is 5.92 Å². The van der Waals surface area contributed by atoms with Gasteiger partial charge in [-0.15, -0.1) is 0 Å². The van der Waals surface area contributed by atoms with E-state index in [0.717, 1.165) is 69.3 Å². The third kappa shape index (κ3) is 2.88. The highest BCUT2D eigenvalue weighted by Crippen LogP contribution is 2.32. The minimum Gasteiger partial charge on any atom is -0.354 e. The van der Waals surface area contributed by atoms with E-state index in [1.54, 1.807) is 0 Å². The summed E-state index contributed by atoms with van der Waals surface area (Å²) in [7, 11) is 2.16. The lowest BCUT2D eigenvalue weighted by molar-refractivity contribution is -0.139. The smallest absolute Gasteiger partial charge is 0.225 e. The predicted molar refractivity (Wildman–Crippen MR) is 92.9 cm³/mol. The van der Waals surface area contributed by atoms with Gasteiger partial charge in [0.2, 0.25) is 5.91 Å². The van der Waals surface area contributed by atoms with E-state index in [1.807, 2.05) is 11.8 Å². The second-order valence-electron chi connectivity index (χ2n) is 7.45. The Balaban J connectivity index is 1.59. The summed E-state index contributed by atoms with van der Waals surface area (Å²) in [6.07, 6.45) is 4.20. The zero-order valence-corrected chi connectivity index (χ0v) is 14.8. The molecule has 0 spiro atoms. The fourth-order valence-corrected chi connectivity index (χ4v) is 3.90. The maximum Gasteiger partial charge on any atom is 0.225 e. The Morgan fingerprint density at radius 2 is 1.83 bits per heavy atom. The zero-order chi connectivity index (χ0) is 16.7. The number of fused-ring (bicyclic) bond motifs is 1. The number of carbonyl (C=O) groups is 1. The summed E-state index contributed by atoms with van der Waals surface area (Å²) in [5.74, 6) is 2.53. The summed E-state index contributed by atoms with van der Waals surface area (Å²) in [5, 5.41) is 0. The molecule has 0 unspecified atom stereocenters. The normalized spacial score (nSPS) is 22.2. The average Bonchev–Trinajstić information content (AvgIpc) is 2.53. The SMILES string of the molecule is Cc1nc2c(c(N3CCN(C)CC3)n1)CN(C(=O)C1CCC1)CC2. The van der Waals surface area contributed by atoms with Crippen LogP contribution < -0.4 is 4.90 Å². The number of carbonyl (C=O) groups excluding carboxylic acids is 1. The van der Waals surface area contributed by atoms with Crippen molar-refractivity contribution in [1.82, 2.24) is 19.8 Å². The van der Waals surface area contributed by atoms with Gasteiger partial charge in [-0.05, 0) is 26.8 Å². The van der Waals surface area contributed by atoms with Crippen molar-refractivity contribution in [2.75, 3.05) is 44.7 Å². The summed E-state index contributed by atoms with van der Waals surface area (Å²) in [4.78, 5) is 28.9. The van der Waals surface area contributed by atoms with Crippen molar-refractivity contribution in [2.45, 2.75) is 39.2 Å². The van der Waals surface area contributed by atoms with Gasteiger partial charge in [-0.3, -0.25) is 4.79 Å². The summed E-state index contributed by atoms with van der Waals surface area (Å²) < 4.78 is 0. The monoisotopic (exact) mass is 329 g/mol. The van der Waals surface area contributed by atoms with Crippen LogP contribution in [0.3, 0.4) is 0 Å². The van der Waals surface area contributed by atoms with Gasteiger partial charge >= 0.3 is 0 Å². The molecular formula is C18H27N5O. The molecule has 0 bridgehead atoms. The highest BCUT2D eigenvalue weighted by Gasteiger charge is 2.33. The fraction of sp³-hybridized carbons (Fsp3) is 0.722. The standard InChI is InChI=1S/C18H27N5O/c1-13-19-16-6-7-23(18(24)14-4-3-5-14)12-15(16)17(20-13)22-10-8-21(2)9-11-22/h14H,3-12H2,1-2H3. The Kier molecular flexibility index (Phi) is 4.16. The van der Waals surface area contributed by atoms with E-state index in [0.29, 0.717) is 12.5 Å². The number of likely N-dealkylation sites (N-methyl/N-ethyl adjacent to an activating group) is 1. The van der Waals surface area contributed by atoms with Crippen LogP contribution in [0.15, 0.2) is 0 Å². The number of aryl methyl sites for hydroxylation is 1. The molecule has 3 aliphatic rings. The maximum absolute atomic E-state index is 12.7. The average molecular weight is 329 g/mol. The molecule has 1 aromatic heterocycles. The summed E-state index contributed by atoms with van der Waals surface area (Å²) in [6.45, 7) is 7.58. The topological polar surface area (TPSA) is 52.6 Å². The van der Waals surface area contributed by atoms with Gasteiger partial charge in [0.15, 0.2) is 0 Å². The first-order chi connectivity index (χ1) is 11.6. The summed E-state index contributed by atoms with van der Waals surface area (Å²) in [5.41, 5.74) is 2.33. The van der Waals surface area contributed by atoms with Crippen LogP contribution in [0.4, 0.5) is 5.82 Å². The number of rotatable bonds is 2. The fourth-order valence-electron chi connectivity index (χ4n) is 3.90. The first-order valence-corrected chi connectivity index (χ1v) is 9.20. The van der Waals surface area contributed by atoms with E-state index < -0.39 is 0 Å². The van der Waals surface area contributed by atoms with E-state index >= 15 is 0 Å². The van der Waals surface area contributed by atoms with Crippen LogP contribution in [0.25, 0.3) is 0 Å². The molecule has 0 atom stereocenters. The van der Waals surface area contributed by atoms with Gasteiger partial charge in [0.1, 0.15) is 11.6 Å². The molecule has 1 saturated heterocycles.